The fourth-order valence-electron chi connectivity index (χ4n) is 4.13. The molecule has 184 valence electrons. The van der Waals surface area contributed by atoms with E-state index in [1.165, 1.54) is 23.0 Å². The monoisotopic (exact) mass is 495 g/mol. The molecule has 4 rings (SSSR count). The van der Waals surface area contributed by atoms with Gasteiger partial charge in [-0.05, 0) is 68.1 Å². The van der Waals surface area contributed by atoms with E-state index >= 15 is 0 Å². The zero-order valence-electron chi connectivity index (χ0n) is 19.8. The van der Waals surface area contributed by atoms with Crippen molar-refractivity contribution in [1.82, 2.24) is 20.4 Å². The minimum absolute atomic E-state index is 0.0304. The van der Waals surface area contributed by atoms with Gasteiger partial charge in [0.05, 0.1) is 6.54 Å². The summed E-state index contributed by atoms with van der Waals surface area (Å²) >= 11 is 1.29. The highest BCUT2D eigenvalue weighted by molar-refractivity contribution is 7.13. The van der Waals surface area contributed by atoms with Crippen molar-refractivity contribution < 1.29 is 14.0 Å². The Morgan fingerprint density at radius 3 is 2.54 bits per heavy atom. The minimum atomic E-state index is -0.260. The molecule has 1 aromatic heterocycles. The van der Waals surface area contributed by atoms with E-state index in [9.17, 15) is 14.0 Å². The highest BCUT2D eigenvalue weighted by Gasteiger charge is 2.25. The quantitative estimate of drug-likeness (QED) is 0.468. The van der Waals surface area contributed by atoms with Crippen molar-refractivity contribution in [1.29, 1.82) is 0 Å². The molecule has 1 saturated heterocycles. The van der Waals surface area contributed by atoms with Gasteiger partial charge in [0, 0.05) is 18.2 Å². The van der Waals surface area contributed by atoms with Gasteiger partial charge < -0.3 is 10.6 Å². The van der Waals surface area contributed by atoms with Crippen molar-refractivity contribution in [3.8, 4) is 0 Å². The van der Waals surface area contributed by atoms with Gasteiger partial charge >= 0.3 is 0 Å². The second-order valence-corrected chi connectivity index (χ2v) is 9.75. The summed E-state index contributed by atoms with van der Waals surface area (Å²) in [6.45, 7) is 4.67. The Kier molecular flexibility index (Phi) is 8.54. The van der Waals surface area contributed by atoms with Gasteiger partial charge in [-0.2, -0.15) is 0 Å². The number of anilines is 1. The van der Waals surface area contributed by atoms with Gasteiger partial charge in [-0.15, -0.1) is 10.2 Å². The largest absolute Gasteiger partial charge is 0.356 e. The summed E-state index contributed by atoms with van der Waals surface area (Å²) in [6.07, 6.45) is 2.94. The maximum atomic E-state index is 13.7. The first kappa shape index (κ1) is 24.9. The summed E-state index contributed by atoms with van der Waals surface area (Å²) in [5.41, 5.74) is 2.56. The zero-order chi connectivity index (χ0) is 24.6. The molecule has 2 aromatic carbocycles. The number of halogens is 1. The molecule has 0 aliphatic carbocycles. The third-order valence-electron chi connectivity index (χ3n) is 6.25. The van der Waals surface area contributed by atoms with Gasteiger partial charge in [-0.3, -0.25) is 14.5 Å². The number of nitrogens with zero attached hydrogens (tertiary/aromatic N) is 3. The summed E-state index contributed by atoms with van der Waals surface area (Å²) in [7, 11) is 0. The van der Waals surface area contributed by atoms with E-state index in [2.05, 4.69) is 32.7 Å². The molecule has 0 atom stereocenters. The van der Waals surface area contributed by atoms with E-state index in [0.29, 0.717) is 30.1 Å². The van der Waals surface area contributed by atoms with Crippen LogP contribution in [0.1, 0.15) is 45.7 Å². The van der Waals surface area contributed by atoms with E-state index in [4.69, 9.17) is 0 Å². The first-order chi connectivity index (χ1) is 17.0. The van der Waals surface area contributed by atoms with E-state index in [-0.39, 0.29) is 23.5 Å². The number of piperidine rings is 1. The average molecular weight is 496 g/mol. The highest BCUT2D eigenvalue weighted by Crippen LogP contribution is 2.21. The summed E-state index contributed by atoms with van der Waals surface area (Å²) in [4.78, 5) is 27.3. The second kappa shape index (κ2) is 12.0. The predicted molar refractivity (Wildman–Crippen MR) is 135 cm³/mol. The first-order valence-electron chi connectivity index (χ1n) is 12.0. The predicted octanol–water partition coefficient (Wildman–Crippen LogP) is 4.06. The standard InChI is InChI=1S/C26H30FN5O2S/c1-2-18-7-9-21(10-8-18)29-25(34)26-31-30-23(35-26)17-32-15-12-20(13-16-32)24(33)28-14-11-19-5-3-4-6-22(19)27/h3-10,20H,2,11-17H2,1H3,(H,28,33)(H,29,34). The van der Waals surface area contributed by atoms with Crippen LogP contribution in [-0.2, 0) is 24.2 Å². The molecule has 35 heavy (non-hydrogen) atoms. The molecule has 9 heteroatoms. The zero-order valence-corrected chi connectivity index (χ0v) is 20.6. The maximum Gasteiger partial charge on any atom is 0.286 e. The first-order valence-corrected chi connectivity index (χ1v) is 12.8. The molecule has 0 spiro atoms. The summed E-state index contributed by atoms with van der Waals surface area (Å²) in [6, 6.07) is 14.4. The third-order valence-corrected chi connectivity index (χ3v) is 7.16. The molecule has 7 nitrogen and oxygen atoms in total. The van der Waals surface area contributed by atoms with Gasteiger partial charge in [0.25, 0.3) is 5.91 Å². The number of carbonyl (C=O) groups is 2. The van der Waals surface area contributed by atoms with Gasteiger partial charge in [-0.25, -0.2) is 4.39 Å². The summed E-state index contributed by atoms with van der Waals surface area (Å²) in [5.74, 6) is -0.508. The van der Waals surface area contributed by atoms with Gasteiger partial charge in [-0.1, -0.05) is 48.6 Å². The molecule has 1 fully saturated rings. The number of amides is 2. The lowest BCUT2D eigenvalue weighted by atomic mass is 9.96. The van der Waals surface area contributed by atoms with Crippen LogP contribution in [0.2, 0.25) is 0 Å². The molecular formula is C26H30FN5O2S. The number of nitrogens with one attached hydrogen (secondary N) is 2. The van der Waals surface area contributed by atoms with Crippen LogP contribution in [0.15, 0.2) is 48.5 Å². The van der Waals surface area contributed by atoms with Crippen LogP contribution >= 0.6 is 11.3 Å². The van der Waals surface area contributed by atoms with Crippen LogP contribution in [0.3, 0.4) is 0 Å². The fraction of sp³-hybridized carbons (Fsp3) is 0.385. The molecule has 2 N–H and O–H groups in total. The third kappa shape index (κ3) is 6.93. The number of likely N-dealkylation sites (tertiary alicyclic amines) is 1. The van der Waals surface area contributed by atoms with Crippen molar-refractivity contribution in [2.45, 2.75) is 39.2 Å². The van der Waals surface area contributed by atoms with E-state index in [1.54, 1.807) is 18.2 Å². The average Bonchev–Trinajstić information content (AvgIpc) is 3.35. The van der Waals surface area contributed by atoms with Crippen LogP contribution in [-0.4, -0.2) is 46.5 Å². The van der Waals surface area contributed by atoms with E-state index in [1.807, 2.05) is 24.3 Å². The van der Waals surface area contributed by atoms with Crippen molar-refractivity contribution >= 4 is 28.8 Å². The Morgan fingerprint density at radius 2 is 1.83 bits per heavy atom. The number of hydrogen-bond donors (Lipinski definition) is 2. The Hall–Kier alpha value is -3.17. The Labute approximate surface area is 208 Å². The van der Waals surface area contributed by atoms with E-state index < -0.39 is 0 Å². The Bertz CT molecular complexity index is 1140. The number of rotatable bonds is 9. The topological polar surface area (TPSA) is 87.2 Å². The van der Waals surface area contributed by atoms with Crippen LogP contribution in [0.4, 0.5) is 10.1 Å². The molecule has 0 radical (unpaired) electrons. The number of benzene rings is 2. The van der Waals surface area contributed by atoms with Crippen LogP contribution in [0.5, 0.6) is 0 Å². The highest BCUT2D eigenvalue weighted by atomic mass is 32.1. The molecule has 3 aromatic rings. The molecule has 1 aliphatic heterocycles. The van der Waals surface area contributed by atoms with Crippen molar-refractivity contribution in [3.63, 3.8) is 0 Å². The number of carbonyl (C=O) groups excluding carboxylic acids is 2. The molecule has 2 heterocycles. The van der Waals surface area contributed by atoms with Crippen molar-refractivity contribution in [2.24, 2.45) is 5.92 Å². The normalized spacial score (nSPS) is 14.6. The SMILES string of the molecule is CCc1ccc(NC(=O)c2nnc(CN3CCC(C(=O)NCCc4ccccc4F)CC3)s2)cc1. The van der Waals surface area contributed by atoms with Crippen molar-refractivity contribution in [2.75, 3.05) is 25.0 Å². The molecule has 2 amide bonds. The molecule has 0 bridgehead atoms. The second-order valence-electron chi connectivity index (χ2n) is 8.69. The smallest absolute Gasteiger partial charge is 0.286 e. The molecule has 0 unspecified atom stereocenters. The maximum absolute atomic E-state index is 13.7. The molecular weight excluding hydrogens is 465 g/mol. The van der Waals surface area contributed by atoms with Gasteiger partial charge in [0.1, 0.15) is 10.8 Å². The summed E-state index contributed by atoms with van der Waals surface area (Å²) < 4.78 is 13.7. The fourth-order valence-corrected chi connectivity index (χ4v) is 4.91. The van der Waals surface area contributed by atoms with Gasteiger partial charge in [0.2, 0.25) is 10.9 Å². The number of aryl methyl sites for hydroxylation is 1. The Morgan fingerprint density at radius 1 is 1.09 bits per heavy atom. The van der Waals surface area contributed by atoms with E-state index in [0.717, 1.165) is 43.0 Å². The van der Waals surface area contributed by atoms with Crippen molar-refractivity contribution in [3.05, 3.63) is 75.5 Å². The van der Waals surface area contributed by atoms with Crippen LogP contribution < -0.4 is 10.6 Å². The van der Waals surface area contributed by atoms with Crippen LogP contribution in [0.25, 0.3) is 0 Å². The molecule has 0 saturated carbocycles. The lowest BCUT2D eigenvalue weighted by molar-refractivity contribution is -0.126. The minimum Gasteiger partial charge on any atom is -0.356 e. The lowest BCUT2D eigenvalue weighted by Crippen LogP contribution is -2.40. The molecule has 1 aliphatic rings. The summed E-state index contributed by atoms with van der Waals surface area (Å²) in [5, 5.41) is 15.2. The van der Waals surface area contributed by atoms with Crippen LogP contribution in [0, 0.1) is 11.7 Å². The number of aromatic nitrogens is 2. The lowest BCUT2D eigenvalue weighted by Gasteiger charge is -2.30. The Balaban J connectivity index is 1.19. The van der Waals surface area contributed by atoms with Gasteiger partial charge in [0.15, 0.2) is 0 Å². The number of hydrogen-bond acceptors (Lipinski definition) is 6.